The van der Waals surface area contributed by atoms with Gasteiger partial charge in [0, 0.05) is 13.1 Å². The number of hydrogen-bond acceptors (Lipinski definition) is 6. The van der Waals surface area contributed by atoms with Crippen LogP contribution in [0.1, 0.15) is 12.1 Å². The van der Waals surface area contributed by atoms with Crippen molar-refractivity contribution in [1.29, 1.82) is 0 Å². The normalized spacial score (nSPS) is 18.1. The van der Waals surface area contributed by atoms with Crippen molar-refractivity contribution in [3.8, 4) is 10.8 Å². The van der Waals surface area contributed by atoms with E-state index in [0.29, 0.717) is 31.3 Å². The Hall–Kier alpha value is -2.19. The maximum Gasteiger partial charge on any atom is 0.306 e. The smallest absolute Gasteiger partial charge is 0.306 e. The van der Waals surface area contributed by atoms with Crippen molar-refractivity contribution in [3.63, 3.8) is 0 Å². The molecular weight excluding hydrogens is 320 g/mol. The standard InChI is InChI=1S/C15H16N2O5S/c18-13(17-3-4-21-11(8-17)7-14(19)20)6-10-9-22-15(16-10)12-2-1-5-23-12/h1-2,5,9,11H,3-4,6-8H2,(H,19,20). The van der Waals surface area contributed by atoms with Gasteiger partial charge in [0.15, 0.2) is 0 Å². The molecule has 0 spiro atoms. The van der Waals surface area contributed by atoms with Crippen LogP contribution in [-0.4, -0.2) is 52.7 Å². The second kappa shape index (κ2) is 6.93. The van der Waals surface area contributed by atoms with Crippen molar-refractivity contribution in [1.82, 2.24) is 9.88 Å². The Morgan fingerprint density at radius 3 is 3.09 bits per heavy atom. The first-order valence-electron chi connectivity index (χ1n) is 7.21. The first kappa shape index (κ1) is 15.7. The molecule has 1 fully saturated rings. The number of carbonyl (C=O) groups is 2. The summed E-state index contributed by atoms with van der Waals surface area (Å²) < 4.78 is 10.8. The molecule has 0 radical (unpaired) electrons. The molecule has 3 rings (SSSR count). The molecule has 23 heavy (non-hydrogen) atoms. The summed E-state index contributed by atoms with van der Waals surface area (Å²) in [4.78, 5) is 29.9. The first-order valence-corrected chi connectivity index (χ1v) is 8.09. The number of ether oxygens (including phenoxy) is 1. The maximum atomic E-state index is 12.3. The summed E-state index contributed by atoms with van der Waals surface area (Å²) in [5, 5.41) is 10.7. The number of carboxylic acid groups (broad SMARTS) is 1. The molecule has 3 heterocycles. The molecule has 2 aromatic rings. The lowest BCUT2D eigenvalue weighted by Crippen LogP contribution is -2.46. The molecule has 1 aliphatic rings. The third-order valence-electron chi connectivity index (χ3n) is 3.51. The second-order valence-electron chi connectivity index (χ2n) is 5.23. The van der Waals surface area contributed by atoms with E-state index in [1.54, 1.807) is 4.90 Å². The minimum Gasteiger partial charge on any atom is -0.481 e. The number of oxazole rings is 1. The molecule has 1 amide bonds. The van der Waals surface area contributed by atoms with E-state index in [4.69, 9.17) is 14.3 Å². The Kier molecular flexibility index (Phi) is 4.73. The van der Waals surface area contributed by atoms with Crippen molar-refractivity contribution >= 4 is 23.2 Å². The number of carbonyl (C=O) groups excluding carboxylic acids is 1. The summed E-state index contributed by atoms with van der Waals surface area (Å²) in [7, 11) is 0. The Balaban J connectivity index is 1.59. The molecule has 8 heteroatoms. The highest BCUT2D eigenvalue weighted by atomic mass is 32.1. The van der Waals surface area contributed by atoms with Crippen LogP contribution >= 0.6 is 11.3 Å². The fourth-order valence-electron chi connectivity index (χ4n) is 2.43. The minimum absolute atomic E-state index is 0.101. The van der Waals surface area contributed by atoms with Crippen LogP contribution in [0.15, 0.2) is 28.2 Å². The number of rotatable bonds is 5. The molecule has 122 valence electrons. The molecule has 7 nitrogen and oxygen atoms in total. The fraction of sp³-hybridized carbons (Fsp3) is 0.400. The van der Waals surface area contributed by atoms with Gasteiger partial charge in [-0.05, 0) is 11.4 Å². The molecule has 2 aromatic heterocycles. The number of morpholine rings is 1. The van der Waals surface area contributed by atoms with E-state index < -0.39 is 12.1 Å². The summed E-state index contributed by atoms with van der Waals surface area (Å²) in [6, 6.07) is 3.81. The van der Waals surface area contributed by atoms with Crippen LogP contribution in [0.4, 0.5) is 0 Å². The first-order chi connectivity index (χ1) is 11.1. The highest BCUT2D eigenvalue weighted by molar-refractivity contribution is 7.13. The van der Waals surface area contributed by atoms with E-state index in [9.17, 15) is 9.59 Å². The van der Waals surface area contributed by atoms with Gasteiger partial charge in [-0.25, -0.2) is 4.98 Å². The largest absolute Gasteiger partial charge is 0.481 e. The molecule has 0 aliphatic carbocycles. The fourth-order valence-corrected chi connectivity index (χ4v) is 3.09. The van der Waals surface area contributed by atoms with Crippen molar-refractivity contribution in [2.75, 3.05) is 19.7 Å². The third kappa shape index (κ3) is 3.96. The molecule has 0 saturated carbocycles. The predicted molar refractivity (Wildman–Crippen MR) is 82.1 cm³/mol. The topological polar surface area (TPSA) is 92.9 Å². The lowest BCUT2D eigenvalue weighted by Gasteiger charge is -2.32. The highest BCUT2D eigenvalue weighted by Gasteiger charge is 2.26. The van der Waals surface area contributed by atoms with Gasteiger partial charge in [0.25, 0.3) is 0 Å². The van der Waals surface area contributed by atoms with E-state index in [1.165, 1.54) is 17.6 Å². The van der Waals surface area contributed by atoms with Gasteiger partial charge >= 0.3 is 5.97 Å². The Morgan fingerprint density at radius 1 is 1.48 bits per heavy atom. The van der Waals surface area contributed by atoms with E-state index in [0.717, 1.165) is 4.88 Å². The molecule has 1 atom stereocenters. The van der Waals surface area contributed by atoms with Crippen molar-refractivity contribution in [2.45, 2.75) is 18.9 Å². The minimum atomic E-state index is -0.929. The van der Waals surface area contributed by atoms with Gasteiger partial charge in [0.1, 0.15) is 6.26 Å². The van der Waals surface area contributed by atoms with Crippen LogP contribution in [0.3, 0.4) is 0 Å². The van der Waals surface area contributed by atoms with Crippen LogP contribution < -0.4 is 0 Å². The number of carboxylic acids is 1. The van der Waals surface area contributed by atoms with Crippen molar-refractivity contribution < 1.29 is 23.8 Å². The maximum absolute atomic E-state index is 12.3. The summed E-state index contributed by atoms with van der Waals surface area (Å²) >= 11 is 1.52. The van der Waals surface area contributed by atoms with Crippen LogP contribution in [0.5, 0.6) is 0 Å². The number of nitrogens with zero attached hydrogens (tertiary/aromatic N) is 2. The number of thiophene rings is 1. The van der Waals surface area contributed by atoms with Crippen molar-refractivity contribution in [2.24, 2.45) is 0 Å². The second-order valence-corrected chi connectivity index (χ2v) is 6.18. The zero-order valence-corrected chi connectivity index (χ0v) is 13.1. The highest BCUT2D eigenvalue weighted by Crippen LogP contribution is 2.24. The van der Waals surface area contributed by atoms with Crippen LogP contribution in [-0.2, 0) is 20.7 Å². The van der Waals surface area contributed by atoms with Gasteiger partial charge in [-0.1, -0.05) is 6.07 Å². The zero-order valence-electron chi connectivity index (χ0n) is 12.3. The van der Waals surface area contributed by atoms with E-state index in [1.807, 2.05) is 17.5 Å². The van der Waals surface area contributed by atoms with Gasteiger partial charge in [0.05, 0.1) is 36.1 Å². The average molecular weight is 336 g/mol. The van der Waals surface area contributed by atoms with Gasteiger partial charge < -0.3 is 19.2 Å². The van der Waals surface area contributed by atoms with E-state index in [2.05, 4.69) is 4.98 Å². The number of aliphatic carboxylic acids is 1. The predicted octanol–water partition coefficient (Wildman–Crippen LogP) is 1.65. The summed E-state index contributed by atoms with van der Waals surface area (Å²) in [6.07, 6.45) is 1.07. The Labute approximate surface area is 136 Å². The zero-order chi connectivity index (χ0) is 16.2. The molecule has 1 N–H and O–H groups in total. The van der Waals surface area contributed by atoms with Crippen molar-refractivity contribution in [3.05, 3.63) is 29.5 Å². The quantitative estimate of drug-likeness (QED) is 0.892. The van der Waals surface area contributed by atoms with Gasteiger partial charge in [-0.3, -0.25) is 9.59 Å². The SMILES string of the molecule is O=C(O)CC1CN(C(=O)Cc2coc(-c3cccs3)n2)CCO1. The summed E-state index contributed by atoms with van der Waals surface area (Å²) in [5.41, 5.74) is 0.569. The van der Waals surface area contributed by atoms with Crippen LogP contribution in [0, 0.1) is 0 Å². The van der Waals surface area contributed by atoms with Gasteiger partial charge in [0.2, 0.25) is 11.8 Å². The monoisotopic (exact) mass is 336 g/mol. The van der Waals surface area contributed by atoms with Crippen LogP contribution in [0.2, 0.25) is 0 Å². The Bertz CT molecular complexity index is 682. The Morgan fingerprint density at radius 2 is 2.35 bits per heavy atom. The van der Waals surface area contributed by atoms with Gasteiger partial charge in [-0.15, -0.1) is 11.3 Å². The van der Waals surface area contributed by atoms with Gasteiger partial charge in [-0.2, -0.15) is 0 Å². The number of aromatic nitrogens is 1. The van der Waals surface area contributed by atoms with Crippen LogP contribution in [0.25, 0.3) is 10.8 Å². The molecule has 1 aliphatic heterocycles. The molecule has 1 unspecified atom stereocenters. The average Bonchev–Trinajstić information content (AvgIpc) is 3.17. The van der Waals surface area contributed by atoms with E-state index >= 15 is 0 Å². The lowest BCUT2D eigenvalue weighted by molar-refractivity contribution is -0.147. The number of amides is 1. The molecule has 1 saturated heterocycles. The third-order valence-corrected chi connectivity index (χ3v) is 4.37. The molecule has 0 aromatic carbocycles. The molecule has 0 bridgehead atoms. The summed E-state index contributed by atoms with van der Waals surface area (Å²) in [5.74, 6) is -0.523. The lowest BCUT2D eigenvalue weighted by atomic mass is 10.2. The van der Waals surface area contributed by atoms with E-state index in [-0.39, 0.29) is 18.7 Å². The summed E-state index contributed by atoms with van der Waals surface area (Å²) in [6.45, 7) is 1.11. The number of hydrogen-bond donors (Lipinski definition) is 1. The molecular formula is C15H16N2O5S.